The van der Waals surface area contributed by atoms with Crippen molar-refractivity contribution in [1.29, 1.82) is 0 Å². The van der Waals surface area contributed by atoms with E-state index in [1.165, 1.54) is 18.2 Å². The van der Waals surface area contributed by atoms with Crippen molar-refractivity contribution in [3.63, 3.8) is 0 Å². The Labute approximate surface area is 126 Å². The molecule has 0 radical (unpaired) electrons. The van der Waals surface area contributed by atoms with Crippen LogP contribution in [-0.4, -0.2) is 41.7 Å². The zero-order valence-electron chi connectivity index (χ0n) is 10.8. The minimum absolute atomic E-state index is 0.132. The van der Waals surface area contributed by atoms with Gasteiger partial charge in [0, 0.05) is 12.1 Å². The third kappa shape index (κ3) is 3.17. The predicted molar refractivity (Wildman–Crippen MR) is 80.6 cm³/mol. The van der Waals surface area contributed by atoms with E-state index in [1.807, 2.05) is 0 Å². The van der Waals surface area contributed by atoms with E-state index in [4.69, 9.17) is 6.42 Å². The standard InChI is InChI=1S/C12H11N3O4S2/c1-2-8-20-12-13-6-7-14(12)21(18,19)11-5-3-4-10(9-11)15(16)17/h1,3-5,9H,6-8H2. The van der Waals surface area contributed by atoms with Crippen molar-refractivity contribution >= 4 is 32.6 Å². The highest BCUT2D eigenvalue weighted by Crippen LogP contribution is 2.25. The van der Waals surface area contributed by atoms with Crippen LogP contribution in [0.15, 0.2) is 34.2 Å². The summed E-state index contributed by atoms with van der Waals surface area (Å²) in [5.41, 5.74) is -0.273. The summed E-state index contributed by atoms with van der Waals surface area (Å²) < 4.78 is 26.2. The second kappa shape index (κ2) is 6.15. The van der Waals surface area contributed by atoms with Crippen molar-refractivity contribution in [3.8, 4) is 12.3 Å². The second-order valence-electron chi connectivity index (χ2n) is 3.99. The third-order valence-corrected chi connectivity index (χ3v) is 5.48. The molecule has 1 aromatic rings. The van der Waals surface area contributed by atoms with Crippen LogP contribution in [-0.2, 0) is 10.0 Å². The summed E-state index contributed by atoms with van der Waals surface area (Å²) in [5, 5.41) is 11.1. The molecule has 110 valence electrons. The van der Waals surface area contributed by atoms with Gasteiger partial charge in [-0.3, -0.25) is 15.1 Å². The zero-order valence-corrected chi connectivity index (χ0v) is 12.4. The van der Waals surface area contributed by atoms with E-state index in [0.717, 1.165) is 22.1 Å². The summed E-state index contributed by atoms with van der Waals surface area (Å²) in [6.45, 7) is 0.555. The summed E-state index contributed by atoms with van der Waals surface area (Å²) in [4.78, 5) is 14.1. The lowest BCUT2D eigenvalue weighted by atomic mass is 10.3. The highest BCUT2D eigenvalue weighted by molar-refractivity contribution is 8.15. The molecule has 7 nitrogen and oxygen atoms in total. The Morgan fingerprint density at radius 2 is 2.29 bits per heavy atom. The number of amidine groups is 1. The van der Waals surface area contributed by atoms with Crippen LogP contribution in [0, 0.1) is 22.5 Å². The van der Waals surface area contributed by atoms with Crippen LogP contribution in [0.2, 0.25) is 0 Å². The number of sulfonamides is 1. The van der Waals surface area contributed by atoms with Gasteiger partial charge >= 0.3 is 0 Å². The van der Waals surface area contributed by atoms with Gasteiger partial charge < -0.3 is 0 Å². The number of thioether (sulfide) groups is 1. The maximum atomic E-state index is 12.5. The maximum absolute atomic E-state index is 12.5. The monoisotopic (exact) mass is 325 g/mol. The van der Waals surface area contributed by atoms with Crippen LogP contribution in [0.3, 0.4) is 0 Å². The number of hydrogen-bond donors (Lipinski definition) is 0. The average molecular weight is 325 g/mol. The molecule has 2 rings (SSSR count). The first-order valence-corrected chi connectivity index (χ1v) is 8.27. The average Bonchev–Trinajstić information content (AvgIpc) is 2.94. The lowest BCUT2D eigenvalue weighted by molar-refractivity contribution is -0.385. The quantitative estimate of drug-likeness (QED) is 0.473. The van der Waals surface area contributed by atoms with Gasteiger partial charge in [-0.1, -0.05) is 23.7 Å². The molecule has 0 saturated carbocycles. The Hall–Kier alpha value is -2.05. The molecular weight excluding hydrogens is 314 g/mol. The molecule has 0 unspecified atom stereocenters. The topological polar surface area (TPSA) is 92.9 Å². The molecule has 0 N–H and O–H groups in total. The van der Waals surface area contributed by atoms with Crippen molar-refractivity contribution < 1.29 is 13.3 Å². The van der Waals surface area contributed by atoms with Crippen LogP contribution < -0.4 is 0 Å². The van der Waals surface area contributed by atoms with E-state index in [-0.39, 0.29) is 17.1 Å². The van der Waals surface area contributed by atoms with E-state index < -0.39 is 14.9 Å². The number of hydrogen-bond acceptors (Lipinski definition) is 6. The zero-order chi connectivity index (χ0) is 15.5. The molecule has 1 aliphatic rings. The van der Waals surface area contributed by atoms with Crippen molar-refractivity contribution in [3.05, 3.63) is 34.4 Å². The molecule has 0 spiro atoms. The number of rotatable bonds is 4. The van der Waals surface area contributed by atoms with Gasteiger partial charge in [-0.25, -0.2) is 12.7 Å². The van der Waals surface area contributed by atoms with Gasteiger partial charge in [-0.15, -0.1) is 6.42 Å². The van der Waals surface area contributed by atoms with Gasteiger partial charge in [0.1, 0.15) is 0 Å². The number of nitrogens with zero attached hydrogens (tertiary/aromatic N) is 3. The van der Waals surface area contributed by atoms with Crippen molar-refractivity contribution in [2.75, 3.05) is 18.8 Å². The normalized spacial score (nSPS) is 14.6. The molecule has 1 aromatic carbocycles. The number of nitro groups is 1. The Bertz CT molecular complexity index is 737. The third-order valence-electron chi connectivity index (χ3n) is 2.66. The minimum Gasteiger partial charge on any atom is -0.260 e. The lowest BCUT2D eigenvalue weighted by Crippen LogP contribution is -2.33. The molecular formula is C12H11N3O4S2. The van der Waals surface area contributed by atoms with Gasteiger partial charge in [-0.2, -0.15) is 0 Å². The van der Waals surface area contributed by atoms with Crippen LogP contribution in [0.25, 0.3) is 0 Å². The molecule has 1 heterocycles. The highest BCUT2D eigenvalue weighted by atomic mass is 32.2. The first kappa shape index (κ1) is 15.3. The van der Waals surface area contributed by atoms with E-state index in [0.29, 0.717) is 17.5 Å². The molecule has 0 atom stereocenters. The molecule has 1 aliphatic heterocycles. The van der Waals surface area contributed by atoms with E-state index in [2.05, 4.69) is 10.9 Å². The van der Waals surface area contributed by atoms with Crippen LogP contribution >= 0.6 is 11.8 Å². The Kier molecular flexibility index (Phi) is 4.50. The summed E-state index contributed by atoms with van der Waals surface area (Å²) >= 11 is 1.15. The van der Waals surface area contributed by atoms with Gasteiger partial charge in [0.25, 0.3) is 15.7 Å². The van der Waals surface area contributed by atoms with E-state index >= 15 is 0 Å². The first-order chi connectivity index (χ1) is 9.96. The maximum Gasteiger partial charge on any atom is 0.270 e. The number of nitro benzene ring substituents is 1. The number of aliphatic imine (C=N–C) groups is 1. The number of benzene rings is 1. The molecule has 9 heteroatoms. The van der Waals surface area contributed by atoms with Crippen LogP contribution in [0.5, 0.6) is 0 Å². The molecule has 0 aromatic heterocycles. The summed E-state index contributed by atoms with van der Waals surface area (Å²) in [6, 6.07) is 4.94. The van der Waals surface area contributed by atoms with E-state index in [1.54, 1.807) is 0 Å². The van der Waals surface area contributed by atoms with Gasteiger partial charge in [0.05, 0.1) is 28.7 Å². The highest BCUT2D eigenvalue weighted by Gasteiger charge is 2.31. The Morgan fingerprint density at radius 3 is 2.95 bits per heavy atom. The molecule has 0 saturated heterocycles. The van der Waals surface area contributed by atoms with Gasteiger partial charge in [0.2, 0.25) is 0 Å². The summed E-state index contributed by atoms with van der Waals surface area (Å²) in [6.07, 6.45) is 5.16. The fourth-order valence-corrected chi connectivity index (χ4v) is 4.19. The Morgan fingerprint density at radius 1 is 1.52 bits per heavy atom. The van der Waals surface area contributed by atoms with Crippen molar-refractivity contribution in [1.82, 2.24) is 4.31 Å². The van der Waals surface area contributed by atoms with Gasteiger partial charge in [0.15, 0.2) is 5.17 Å². The summed E-state index contributed by atoms with van der Waals surface area (Å²) in [7, 11) is -3.87. The fourth-order valence-electron chi connectivity index (χ4n) is 1.74. The lowest BCUT2D eigenvalue weighted by Gasteiger charge is -2.19. The smallest absolute Gasteiger partial charge is 0.260 e. The number of terminal acetylenes is 1. The van der Waals surface area contributed by atoms with Crippen LogP contribution in [0.4, 0.5) is 5.69 Å². The molecule has 0 fully saturated rings. The van der Waals surface area contributed by atoms with Gasteiger partial charge in [-0.05, 0) is 6.07 Å². The minimum atomic E-state index is -3.87. The molecule has 21 heavy (non-hydrogen) atoms. The fraction of sp³-hybridized carbons (Fsp3) is 0.250. The Balaban J connectivity index is 2.34. The largest absolute Gasteiger partial charge is 0.270 e. The number of non-ortho nitro benzene ring substituents is 1. The molecule has 0 amide bonds. The van der Waals surface area contributed by atoms with Crippen LogP contribution in [0.1, 0.15) is 0 Å². The van der Waals surface area contributed by atoms with Crippen molar-refractivity contribution in [2.45, 2.75) is 4.90 Å². The van der Waals surface area contributed by atoms with E-state index in [9.17, 15) is 18.5 Å². The predicted octanol–water partition coefficient (Wildman–Crippen LogP) is 1.32. The first-order valence-electron chi connectivity index (χ1n) is 5.84. The van der Waals surface area contributed by atoms with Crippen molar-refractivity contribution in [2.24, 2.45) is 4.99 Å². The second-order valence-corrected chi connectivity index (χ2v) is 6.79. The molecule has 0 aliphatic carbocycles. The SMILES string of the molecule is C#CCSC1=NCCN1S(=O)(=O)c1cccc([N+](=O)[O-])c1. The summed E-state index contributed by atoms with van der Waals surface area (Å²) in [5.74, 6) is 2.71. The molecule has 0 bridgehead atoms.